The van der Waals surface area contributed by atoms with Crippen molar-refractivity contribution in [1.82, 2.24) is 9.80 Å². The molecule has 5 nitrogen and oxygen atoms in total. The van der Waals surface area contributed by atoms with Gasteiger partial charge in [0.1, 0.15) is 0 Å². The molecule has 2 aliphatic rings. The van der Waals surface area contributed by atoms with Gasteiger partial charge >= 0.3 is 6.03 Å². The van der Waals surface area contributed by atoms with E-state index in [1.807, 2.05) is 9.80 Å². The van der Waals surface area contributed by atoms with Crippen LogP contribution in [0.5, 0.6) is 0 Å². The summed E-state index contributed by atoms with van der Waals surface area (Å²) in [7, 11) is 3.95. The highest BCUT2D eigenvalue weighted by atomic mass is 16.5. The van der Waals surface area contributed by atoms with Crippen molar-refractivity contribution < 1.29 is 14.4 Å². The van der Waals surface area contributed by atoms with Gasteiger partial charge in [-0.2, -0.15) is 7.05 Å². The molecule has 2 aliphatic heterocycles. The molecule has 15 heavy (non-hydrogen) atoms. The largest absolute Gasteiger partial charge is 0.465 e. The van der Waals surface area contributed by atoms with Crippen LogP contribution in [0, 0.1) is 7.05 Å². The summed E-state index contributed by atoms with van der Waals surface area (Å²) in [5.74, 6) is 0. The third kappa shape index (κ3) is 2.60. The van der Waals surface area contributed by atoms with E-state index in [1.54, 1.807) is 0 Å². The lowest BCUT2D eigenvalue weighted by Crippen LogP contribution is -3.10. The molecule has 0 atom stereocenters. The van der Waals surface area contributed by atoms with Gasteiger partial charge in [0.2, 0.25) is 0 Å². The van der Waals surface area contributed by atoms with E-state index in [0.717, 1.165) is 39.3 Å². The van der Waals surface area contributed by atoms with E-state index in [4.69, 9.17) is 4.74 Å². The molecule has 0 aromatic heterocycles. The molecule has 2 heterocycles. The predicted molar refractivity (Wildman–Crippen MR) is 55.4 cm³/mol. The lowest BCUT2D eigenvalue weighted by molar-refractivity contribution is -0.858. The summed E-state index contributed by atoms with van der Waals surface area (Å²) in [6, 6.07) is 0.172. The number of carbonyl (C=O) groups excluding carboxylic acids is 1. The van der Waals surface area contributed by atoms with Crippen LogP contribution < -0.4 is 4.90 Å². The van der Waals surface area contributed by atoms with E-state index < -0.39 is 0 Å². The highest BCUT2D eigenvalue weighted by Gasteiger charge is 2.25. The number of ether oxygens (including phenoxy) is 1. The second kappa shape index (κ2) is 4.81. The van der Waals surface area contributed by atoms with Crippen molar-refractivity contribution in [2.24, 2.45) is 0 Å². The number of nitrogens with zero attached hydrogens (tertiary/aromatic N) is 2. The van der Waals surface area contributed by atoms with Crippen LogP contribution in [-0.4, -0.2) is 68.3 Å². The SMILES string of the molecule is [CH2-][NH+]1CCN(C(=O)N2CCOCC2)CC1. The van der Waals surface area contributed by atoms with Gasteiger partial charge in [-0.05, 0) is 0 Å². The predicted octanol–water partition coefficient (Wildman–Crippen LogP) is -1.57. The highest BCUT2D eigenvalue weighted by molar-refractivity contribution is 5.74. The average molecular weight is 213 g/mol. The Morgan fingerprint density at radius 1 is 1.07 bits per heavy atom. The van der Waals surface area contributed by atoms with E-state index in [9.17, 15) is 4.79 Å². The molecule has 0 aromatic rings. The van der Waals surface area contributed by atoms with Gasteiger partial charge in [0, 0.05) is 13.1 Å². The Kier molecular flexibility index (Phi) is 3.43. The molecular formula is C10H19N3O2. The monoisotopic (exact) mass is 213 g/mol. The van der Waals surface area contributed by atoms with Gasteiger partial charge in [0.15, 0.2) is 0 Å². The van der Waals surface area contributed by atoms with Crippen molar-refractivity contribution in [3.8, 4) is 0 Å². The molecule has 0 saturated carbocycles. The molecule has 2 fully saturated rings. The molecule has 0 unspecified atom stereocenters. The molecular weight excluding hydrogens is 194 g/mol. The summed E-state index contributed by atoms with van der Waals surface area (Å²) in [5, 5.41) is 0. The van der Waals surface area contributed by atoms with Gasteiger partial charge in [-0.25, -0.2) is 4.79 Å². The first kappa shape index (κ1) is 10.7. The van der Waals surface area contributed by atoms with E-state index in [1.165, 1.54) is 4.90 Å². The normalized spacial score (nSPS) is 24.3. The second-order valence-corrected chi connectivity index (χ2v) is 4.12. The number of hydrogen-bond donors (Lipinski definition) is 1. The topological polar surface area (TPSA) is 37.2 Å². The van der Waals surface area contributed by atoms with E-state index >= 15 is 0 Å². The summed E-state index contributed by atoms with van der Waals surface area (Å²) in [6.45, 7) is 6.38. The maximum Gasteiger partial charge on any atom is 0.320 e. The second-order valence-electron chi connectivity index (χ2n) is 4.12. The number of urea groups is 1. The Balaban J connectivity index is 1.84. The third-order valence-corrected chi connectivity index (χ3v) is 3.02. The van der Waals surface area contributed by atoms with Crippen LogP contribution in [-0.2, 0) is 4.74 Å². The fourth-order valence-electron chi connectivity index (χ4n) is 1.97. The first-order valence-corrected chi connectivity index (χ1v) is 5.55. The Bertz CT molecular complexity index is 221. The number of morpholine rings is 1. The molecule has 86 valence electrons. The number of quaternary nitrogens is 1. The number of amides is 2. The third-order valence-electron chi connectivity index (χ3n) is 3.02. The first-order chi connectivity index (χ1) is 7.27. The molecule has 2 saturated heterocycles. The van der Waals surface area contributed by atoms with Crippen molar-refractivity contribution in [3.63, 3.8) is 0 Å². The van der Waals surface area contributed by atoms with E-state index in [0.29, 0.717) is 13.2 Å². The van der Waals surface area contributed by atoms with Gasteiger partial charge < -0.3 is 19.4 Å². The minimum absolute atomic E-state index is 0.172. The quantitative estimate of drug-likeness (QED) is 0.494. The summed E-state index contributed by atoms with van der Waals surface area (Å²) in [5.41, 5.74) is 0. The zero-order valence-electron chi connectivity index (χ0n) is 9.07. The maximum absolute atomic E-state index is 12.0. The first-order valence-electron chi connectivity index (χ1n) is 5.55. The van der Waals surface area contributed by atoms with Crippen molar-refractivity contribution in [3.05, 3.63) is 7.05 Å². The van der Waals surface area contributed by atoms with Crippen LogP contribution in [0.25, 0.3) is 0 Å². The summed E-state index contributed by atoms with van der Waals surface area (Å²) in [4.78, 5) is 17.1. The molecule has 2 amide bonds. The molecule has 2 rings (SSSR count). The van der Waals surface area contributed by atoms with Crippen LogP contribution in [0.15, 0.2) is 0 Å². The van der Waals surface area contributed by atoms with Crippen LogP contribution in [0.2, 0.25) is 0 Å². The van der Waals surface area contributed by atoms with Crippen LogP contribution in [0.3, 0.4) is 0 Å². The zero-order chi connectivity index (χ0) is 10.7. The Hall–Kier alpha value is -0.810. The van der Waals surface area contributed by atoms with Crippen LogP contribution in [0.4, 0.5) is 4.79 Å². The van der Waals surface area contributed by atoms with Crippen molar-refractivity contribution in [2.75, 3.05) is 52.5 Å². The van der Waals surface area contributed by atoms with Gasteiger partial charge in [0.25, 0.3) is 0 Å². The Labute approximate surface area is 90.6 Å². The van der Waals surface area contributed by atoms with Gasteiger partial charge in [-0.15, -0.1) is 0 Å². The molecule has 0 bridgehead atoms. The smallest absolute Gasteiger partial charge is 0.320 e. The van der Waals surface area contributed by atoms with E-state index in [-0.39, 0.29) is 6.03 Å². The molecule has 0 aromatic carbocycles. The van der Waals surface area contributed by atoms with Crippen molar-refractivity contribution >= 4 is 6.03 Å². The van der Waals surface area contributed by atoms with Crippen molar-refractivity contribution in [1.29, 1.82) is 0 Å². The summed E-state index contributed by atoms with van der Waals surface area (Å²) < 4.78 is 5.23. The van der Waals surface area contributed by atoms with Gasteiger partial charge in [-0.1, -0.05) is 0 Å². The number of nitrogens with one attached hydrogen (secondary N) is 1. The molecule has 5 heteroatoms. The number of carbonyl (C=O) groups is 1. The number of rotatable bonds is 0. The Morgan fingerprint density at radius 2 is 1.60 bits per heavy atom. The zero-order valence-corrected chi connectivity index (χ0v) is 9.07. The molecule has 0 spiro atoms. The lowest BCUT2D eigenvalue weighted by Gasteiger charge is -2.37. The average Bonchev–Trinajstić information content (AvgIpc) is 2.30. The minimum atomic E-state index is 0.172. The fraction of sp³-hybridized carbons (Fsp3) is 0.800. The van der Waals surface area contributed by atoms with Crippen LogP contribution >= 0.6 is 0 Å². The minimum Gasteiger partial charge on any atom is -0.465 e. The highest BCUT2D eigenvalue weighted by Crippen LogP contribution is 2.03. The number of hydrogen-bond acceptors (Lipinski definition) is 2. The molecule has 1 N–H and O–H groups in total. The van der Waals surface area contributed by atoms with Gasteiger partial charge in [0.05, 0.1) is 39.4 Å². The van der Waals surface area contributed by atoms with Crippen LogP contribution in [0.1, 0.15) is 0 Å². The summed E-state index contributed by atoms with van der Waals surface area (Å²) in [6.07, 6.45) is 0. The van der Waals surface area contributed by atoms with Crippen molar-refractivity contribution in [2.45, 2.75) is 0 Å². The number of piperazine rings is 1. The fourth-order valence-corrected chi connectivity index (χ4v) is 1.97. The lowest BCUT2D eigenvalue weighted by atomic mass is 10.3. The van der Waals surface area contributed by atoms with Gasteiger partial charge in [-0.3, -0.25) is 0 Å². The standard InChI is InChI=1S/C10H19N3O2/c1-11-2-4-12(5-3-11)10(14)13-6-8-15-9-7-13/h11H,1-9H2. The summed E-state index contributed by atoms with van der Waals surface area (Å²) >= 11 is 0. The maximum atomic E-state index is 12.0. The molecule has 0 radical (unpaired) electrons. The van der Waals surface area contributed by atoms with E-state index in [2.05, 4.69) is 7.05 Å². The Morgan fingerprint density at radius 3 is 2.20 bits per heavy atom. The molecule has 0 aliphatic carbocycles.